The molecular formula is C17H15NO3. The third-order valence-electron chi connectivity index (χ3n) is 3.28. The Bertz CT molecular complexity index is 638. The molecule has 0 aliphatic rings. The lowest BCUT2D eigenvalue weighted by Crippen LogP contribution is -2.28. The topological polar surface area (TPSA) is 55.4 Å². The Morgan fingerprint density at radius 3 is 2.05 bits per heavy atom. The average molecular weight is 281 g/mol. The fraction of sp³-hybridized carbons (Fsp3) is 0.118. The fourth-order valence-electron chi connectivity index (χ4n) is 2.21. The molecular weight excluding hydrogens is 266 g/mol. The summed E-state index contributed by atoms with van der Waals surface area (Å²) in [5.41, 5.74) is 0.634. The van der Waals surface area contributed by atoms with Crippen molar-refractivity contribution in [1.29, 1.82) is 0 Å². The molecule has 1 N–H and O–H groups in total. The average Bonchev–Trinajstić information content (AvgIpc) is 3.22. The number of amides is 1. The van der Waals surface area contributed by atoms with Gasteiger partial charge in [0, 0.05) is 12.1 Å². The molecule has 1 aromatic carbocycles. The zero-order valence-corrected chi connectivity index (χ0v) is 11.4. The summed E-state index contributed by atoms with van der Waals surface area (Å²) in [6.45, 7) is 0.411. The standard InChI is InChI=1S/C17H15NO3/c19-17(13-6-2-1-3-7-13)18-12-14(15-8-4-10-20-15)16-9-5-11-21-16/h1-11,14H,12H2,(H,18,19). The highest BCUT2D eigenvalue weighted by molar-refractivity contribution is 5.94. The lowest BCUT2D eigenvalue weighted by Gasteiger charge is -2.13. The van der Waals surface area contributed by atoms with E-state index in [4.69, 9.17) is 8.83 Å². The van der Waals surface area contributed by atoms with Gasteiger partial charge >= 0.3 is 0 Å². The predicted octanol–water partition coefficient (Wildman–Crippen LogP) is 3.43. The number of furan rings is 2. The smallest absolute Gasteiger partial charge is 0.251 e. The molecule has 4 nitrogen and oxygen atoms in total. The van der Waals surface area contributed by atoms with Crippen molar-refractivity contribution >= 4 is 5.91 Å². The molecule has 2 aromatic heterocycles. The summed E-state index contributed by atoms with van der Waals surface area (Å²) in [5, 5.41) is 2.92. The summed E-state index contributed by atoms with van der Waals surface area (Å²) < 4.78 is 10.9. The zero-order chi connectivity index (χ0) is 14.5. The first-order chi connectivity index (χ1) is 10.3. The molecule has 1 amide bonds. The Labute approximate surface area is 122 Å². The van der Waals surface area contributed by atoms with Crippen LogP contribution in [0.25, 0.3) is 0 Å². The van der Waals surface area contributed by atoms with Crippen molar-refractivity contribution in [3.63, 3.8) is 0 Å². The molecule has 0 saturated carbocycles. The first-order valence-electron chi connectivity index (χ1n) is 6.74. The van der Waals surface area contributed by atoms with Crippen molar-refractivity contribution in [1.82, 2.24) is 5.32 Å². The van der Waals surface area contributed by atoms with Gasteiger partial charge in [-0.05, 0) is 36.4 Å². The maximum atomic E-state index is 12.1. The summed E-state index contributed by atoms with van der Waals surface area (Å²) in [4.78, 5) is 12.1. The third-order valence-corrected chi connectivity index (χ3v) is 3.28. The molecule has 0 bridgehead atoms. The van der Waals surface area contributed by atoms with E-state index in [-0.39, 0.29) is 11.8 Å². The Morgan fingerprint density at radius 2 is 1.52 bits per heavy atom. The normalized spacial score (nSPS) is 10.7. The fourth-order valence-corrected chi connectivity index (χ4v) is 2.21. The van der Waals surface area contributed by atoms with E-state index < -0.39 is 0 Å². The van der Waals surface area contributed by atoms with Crippen molar-refractivity contribution in [2.45, 2.75) is 5.92 Å². The monoisotopic (exact) mass is 281 g/mol. The van der Waals surface area contributed by atoms with E-state index in [1.54, 1.807) is 24.7 Å². The van der Waals surface area contributed by atoms with E-state index >= 15 is 0 Å². The van der Waals surface area contributed by atoms with Crippen LogP contribution in [0, 0.1) is 0 Å². The number of carbonyl (C=O) groups excluding carboxylic acids is 1. The minimum absolute atomic E-state index is 0.112. The van der Waals surface area contributed by atoms with Crippen LogP contribution in [0.15, 0.2) is 76.0 Å². The molecule has 0 aliphatic carbocycles. The molecule has 0 saturated heterocycles. The Kier molecular flexibility index (Phi) is 3.87. The van der Waals surface area contributed by atoms with E-state index in [0.717, 1.165) is 11.5 Å². The van der Waals surface area contributed by atoms with Crippen molar-refractivity contribution in [3.8, 4) is 0 Å². The molecule has 0 atom stereocenters. The van der Waals surface area contributed by atoms with Gasteiger partial charge in [-0.1, -0.05) is 18.2 Å². The highest BCUT2D eigenvalue weighted by atomic mass is 16.3. The lowest BCUT2D eigenvalue weighted by molar-refractivity contribution is 0.0951. The van der Waals surface area contributed by atoms with Crippen molar-refractivity contribution in [2.75, 3.05) is 6.54 Å². The van der Waals surface area contributed by atoms with E-state index in [9.17, 15) is 4.79 Å². The highest BCUT2D eigenvalue weighted by Gasteiger charge is 2.20. The van der Waals surface area contributed by atoms with Crippen molar-refractivity contribution in [3.05, 3.63) is 84.2 Å². The molecule has 3 aromatic rings. The van der Waals surface area contributed by atoms with Crippen LogP contribution in [0.2, 0.25) is 0 Å². The van der Waals surface area contributed by atoms with Gasteiger partial charge in [0.15, 0.2) is 0 Å². The van der Waals surface area contributed by atoms with Crippen LogP contribution in [0.5, 0.6) is 0 Å². The van der Waals surface area contributed by atoms with Crippen molar-refractivity contribution < 1.29 is 13.6 Å². The van der Waals surface area contributed by atoms with Gasteiger partial charge in [0.2, 0.25) is 0 Å². The molecule has 0 spiro atoms. The quantitative estimate of drug-likeness (QED) is 0.779. The van der Waals surface area contributed by atoms with Gasteiger partial charge in [-0.25, -0.2) is 0 Å². The molecule has 2 heterocycles. The van der Waals surface area contributed by atoms with Crippen LogP contribution in [0.1, 0.15) is 27.8 Å². The lowest BCUT2D eigenvalue weighted by atomic mass is 10.0. The van der Waals surface area contributed by atoms with Gasteiger partial charge < -0.3 is 14.2 Å². The summed E-state index contributed by atoms with van der Waals surface area (Å²) >= 11 is 0. The number of carbonyl (C=O) groups is 1. The van der Waals surface area contributed by atoms with E-state index in [1.165, 1.54) is 0 Å². The summed E-state index contributed by atoms with van der Waals surface area (Å²) in [5.74, 6) is 1.28. The molecule has 0 aliphatic heterocycles. The predicted molar refractivity (Wildman–Crippen MR) is 78.0 cm³/mol. The van der Waals surface area contributed by atoms with Crippen LogP contribution < -0.4 is 5.32 Å². The van der Waals surface area contributed by atoms with Crippen molar-refractivity contribution in [2.24, 2.45) is 0 Å². The number of rotatable bonds is 5. The number of nitrogens with one attached hydrogen (secondary N) is 1. The minimum atomic E-state index is -0.136. The second-order valence-electron chi connectivity index (χ2n) is 4.66. The van der Waals surface area contributed by atoms with Crippen LogP contribution in [0.3, 0.4) is 0 Å². The first kappa shape index (κ1) is 13.2. The van der Waals surface area contributed by atoms with Crippen LogP contribution in [-0.4, -0.2) is 12.5 Å². The molecule has 3 rings (SSSR count). The van der Waals surface area contributed by atoms with Crippen LogP contribution >= 0.6 is 0 Å². The molecule has 106 valence electrons. The third kappa shape index (κ3) is 3.05. The molecule has 0 unspecified atom stereocenters. The Hall–Kier alpha value is -2.75. The Balaban J connectivity index is 1.73. The molecule has 4 heteroatoms. The first-order valence-corrected chi connectivity index (χ1v) is 6.74. The summed E-state index contributed by atoms with van der Waals surface area (Å²) in [6, 6.07) is 16.5. The van der Waals surface area contributed by atoms with Gasteiger partial charge in [0.1, 0.15) is 11.5 Å². The SMILES string of the molecule is O=C(NCC(c1ccco1)c1ccco1)c1ccccc1. The second-order valence-corrected chi connectivity index (χ2v) is 4.66. The number of hydrogen-bond donors (Lipinski definition) is 1. The molecule has 0 radical (unpaired) electrons. The minimum Gasteiger partial charge on any atom is -0.469 e. The van der Waals surface area contributed by atoms with Gasteiger partial charge in [0.05, 0.1) is 18.4 Å². The number of benzene rings is 1. The van der Waals surface area contributed by atoms with E-state index in [2.05, 4.69) is 5.32 Å². The van der Waals surface area contributed by atoms with Gasteiger partial charge in [-0.3, -0.25) is 4.79 Å². The number of hydrogen-bond acceptors (Lipinski definition) is 3. The second kappa shape index (κ2) is 6.13. The summed E-state index contributed by atoms with van der Waals surface area (Å²) in [6.07, 6.45) is 3.23. The van der Waals surface area contributed by atoms with Gasteiger partial charge in [0.25, 0.3) is 5.91 Å². The van der Waals surface area contributed by atoms with Crippen LogP contribution in [0.4, 0.5) is 0 Å². The zero-order valence-electron chi connectivity index (χ0n) is 11.4. The maximum absolute atomic E-state index is 12.1. The van der Waals surface area contributed by atoms with Crippen LogP contribution in [-0.2, 0) is 0 Å². The maximum Gasteiger partial charge on any atom is 0.251 e. The molecule has 0 fully saturated rings. The highest BCUT2D eigenvalue weighted by Crippen LogP contribution is 2.24. The molecule has 21 heavy (non-hydrogen) atoms. The van der Waals surface area contributed by atoms with E-state index in [0.29, 0.717) is 12.1 Å². The van der Waals surface area contributed by atoms with Gasteiger partial charge in [-0.15, -0.1) is 0 Å². The van der Waals surface area contributed by atoms with Gasteiger partial charge in [-0.2, -0.15) is 0 Å². The Morgan fingerprint density at radius 1 is 0.905 bits per heavy atom. The van der Waals surface area contributed by atoms with E-state index in [1.807, 2.05) is 42.5 Å². The largest absolute Gasteiger partial charge is 0.469 e. The summed E-state index contributed by atoms with van der Waals surface area (Å²) in [7, 11) is 0.